The first-order valence-corrected chi connectivity index (χ1v) is 10.3. The fourth-order valence-electron chi connectivity index (χ4n) is 2.42. The fraction of sp³-hybridized carbons (Fsp3) is 0.263. The molecule has 0 fully saturated rings. The average Bonchev–Trinajstić information content (AvgIpc) is 2.66. The predicted octanol–water partition coefficient (Wildman–Crippen LogP) is 2.20. The minimum Gasteiger partial charge on any atom is -0.348 e. The first-order valence-electron chi connectivity index (χ1n) is 8.47. The van der Waals surface area contributed by atoms with Crippen LogP contribution < -0.4 is 10.6 Å². The van der Waals surface area contributed by atoms with Crippen LogP contribution in [-0.4, -0.2) is 45.2 Å². The summed E-state index contributed by atoms with van der Waals surface area (Å²) in [6, 6.07) is 12.5. The van der Waals surface area contributed by atoms with E-state index in [1.807, 2.05) is 6.07 Å². The van der Waals surface area contributed by atoms with Crippen molar-refractivity contribution < 1.29 is 18.0 Å². The van der Waals surface area contributed by atoms with Crippen molar-refractivity contribution >= 4 is 33.4 Å². The highest BCUT2D eigenvalue weighted by Crippen LogP contribution is 2.17. The van der Waals surface area contributed by atoms with E-state index in [4.69, 9.17) is 11.6 Å². The molecule has 9 heteroatoms. The molecule has 2 aromatic rings. The van der Waals surface area contributed by atoms with Crippen molar-refractivity contribution in [2.45, 2.75) is 17.9 Å². The molecule has 2 aromatic carbocycles. The van der Waals surface area contributed by atoms with Crippen LogP contribution in [-0.2, 0) is 14.8 Å². The van der Waals surface area contributed by atoms with Crippen molar-refractivity contribution in [1.29, 1.82) is 0 Å². The van der Waals surface area contributed by atoms with E-state index in [9.17, 15) is 18.0 Å². The van der Waals surface area contributed by atoms with Crippen LogP contribution in [0.1, 0.15) is 28.9 Å². The Bertz CT molecular complexity index is 977. The monoisotopic (exact) mass is 423 g/mol. The molecule has 2 N–H and O–H groups in total. The van der Waals surface area contributed by atoms with Crippen molar-refractivity contribution in [2.24, 2.45) is 0 Å². The number of benzene rings is 2. The van der Waals surface area contributed by atoms with Crippen molar-refractivity contribution in [1.82, 2.24) is 14.9 Å². The molecule has 28 heavy (non-hydrogen) atoms. The molecule has 150 valence electrons. The van der Waals surface area contributed by atoms with Crippen LogP contribution in [0.2, 0.25) is 5.02 Å². The third-order valence-electron chi connectivity index (χ3n) is 4.01. The van der Waals surface area contributed by atoms with E-state index in [1.54, 1.807) is 25.1 Å². The Hall–Kier alpha value is -2.42. The second-order valence-electron chi connectivity index (χ2n) is 6.34. The maximum absolute atomic E-state index is 12.3. The standard InChI is InChI=1S/C19H22ClN3O4S/c1-13(14-6-4-8-16(20)10-14)22-18(24)12-21-19(25)15-7-5-9-17(11-15)28(26,27)23(2)3/h4-11,13H,12H2,1-3H3,(H,21,25)(H,22,24). The summed E-state index contributed by atoms with van der Waals surface area (Å²) < 4.78 is 25.4. The number of halogens is 1. The lowest BCUT2D eigenvalue weighted by Gasteiger charge is -2.15. The number of nitrogens with one attached hydrogen (secondary N) is 2. The molecule has 0 aliphatic rings. The van der Waals surface area contributed by atoms with Gasteiger partial charge in [0.25, 0.3) is 5.91 Å². The first kappa shape index (κ1) is 21.9. The molecule has 0 aliphatic carbocycles. The van der Waals surface area contributed by atoms with Crippen molar-refractivity contribution in [2.75, 3.05) is 20.6 Å². The Kier molecular flexibility index (Phi) is 7.17. The highest BCUT2D eigenvalue weighted by Gasteiger charge is 2.19. The zero-order valence-electron chi connectivity index (χ0n) is 15.8. The normalized spacial score (nSPS) is 12.5. The summed E-state index contributed by atoms with van der Waals surface area (Å²) in [6.45, 7) is 1.56. The van der Waals surface area contributed by atoms with E-state index in [-0.39, 0.29) is 29.0 Å². The van der Waals surface area contributed by atoms with Crippen molar-refractivity contribution in [3.8, 4) is 0 Å². The van der Waals surface area contributed by atoms with Crippen molar-refractivity contribution in [3.63, 3.8) is 0 Å². The van der Waals surface area contributed by atoms with Crippen LogP contribution in [0.3, 0.4) is 0 Å². The Morgan fingerprint density at radius 2 is 1.79 bits per heavy atom. The number of rotatable bonds is 7. The molecule has 1 unspecified atom stereocenters. The second kappa shape index (κ2) is 9.18. The molecular weight excluding hydrogens is 402 g/mol. The summed E-state index contributed by atoms with van der Waals surface area (Å²) in [6.07, 6.45) is 0. The minimum absolute atomic E-state index is 0.00387. The van der Waals surface area contributed by atoms with E-state index in [0.717, 1.165) is 9.87 Å². The molecule has 1 atom stereocenters. The molecule has 0 radical (unpaired) electrons. The SMILES string of the molecule is CC(NC(=O)CNC(=O)c1cccc(S(=O)(=O)N(C)C)c1)c1cccc(Cl)c1. The van der Waals surface area contributed by atoms with Gasteiger partial charge in [0.05, 0.1) is 17.5 Å². The van der Waals surface area contributed by atoms with Gasteiger partial charge in [-0.1, -0.05) is 29.8 Å². The summed E-state index contributed by atoms with van der Waals surface area (Å²) in [4.78, 5) is 24.4. The van der Waals surface area contributed by atoms with E-state index in [1.165, 1.54) is 38.4 Å². The largest absolute Gasteiger partial charge is 0.348 e. The van der Waals surface area contributed by atoms with Crippen LogP contribution in [0.25, 0.3) is 0 Å². The Morgan fingerprint density at radius 3 is 2.43 bits per heavy atom. The van der Waals surface area contributed by atoms with Gasteiger partial charge in [-0.3, -0.25) is 9.59 Å². The summed E-state index contributed by atoms with van der Waals surface area (Å²) in [5.74, 6) is -0.917. The van der Waals surface area contributed by atoms with Gasteiger partial charge in [-0.15, -0.1) is 0 Å². The predicted molar refractivity (Wildman–Crippen MR) is 108 cm³/mol. The lowest BCUT2D eigenvalue weighted by atomic mass is 10.1. The number of hydrogen-bond acceptors (Lipinski definition) is 4. The third-order valence-corrected chi connectivity index (χ3v) is 6.06. The Balaban J connectivity index is 1.97. The number of nitrogens with zero attached hydrogens (tertiary/aromatic N) is 1. The average molecular weight is 424 g/mol. The number of sulfonamides is 1. The smallest absolute Gasteiger partial charge is 0.251 e. The molecule has 7 nitrogen and oxygen atoms in total. The third kappa shape index (κ3) is 5.54. The molecule has 0 spiro atoms. The lowest BCUT2D eigenvalue weighted by Crippen LogP contribution is -2.38. The number of carbonyl (C=O) groups is 2. The summed E-state index contributed by atoms with van der Waals surface area (Å²) in [7, 11) is -0.831. The molecule has 0 heterocycles. The van der Waals surface area contributed by atoms with Crippen molar-refractivity contribution in [3.05, 3.63) is 64.7 Å². The molecule has 0 aromatic heterocycles. The van der Waals surface area contributed by atoms with Crippen LogP contribution in [0, 0.1) is 0 Å². The summed E-state index contributed by atoms with van der Waals surface area (Å²) in [5, 5.41) is 5.82. The van der Waals surface area contributed by atoms with E-state index < -0.39 is 15.9 Å². The van der Waals surface area contributed by atoms with Gasteiger partial charge in [0.2, 0.25) is 15.9 Å². The van der Waals surface area contributed by atoms with Gasteiger partial charge in [0, 0.05) is 24.7 Å². The maximum atomic E-state index is 12.3. The van der Waals surface area contributed by atoms with Crippen LogP contribution >= 0.6 is 11.6 Å². The van der Waals surface area contributed by atoms with Gasteiger partial charge in [-0.2, -0.15) is 0 Å². The highest BCUT2D eigenvalue weighted by molar-refractivity contribution is 7.89. The number of hydrogen-bond donors (Lipinski definition) is 2. The van der Waals surface area contributed by atoms with Crippen LogP contribution in [0.15, 0.2) is 53.4 Å². The zero-order valence-corrected chi connectivity index (χ0v) is 17.3. The molecule has 0 saturated heterocycles. The van der Waals surface area contributed by atoms with Gasteiger partial charge in [0.1, 0.15) is 0 Å². The van der Waals surface area contributed by atoms with Crippen LogP contribution in [0.5, 0.6) is 0 Å². The van der Waals surface area contributed by atoms with Crippen LogP contribution in [0.4, 0.5) is 0 Å². The van der Waals surface area contributed by atoms with Gasteiger partial charge < -0.3 is 10.6 Å². The van der Waals surface area contributed by atoms with Gasteiger partial charge in [-0.05, 0) is 42.8 Å². The summed E-state index contributed by atoms with van der Waals surface area (Å²) in [5.41, 5.74) is 0.993. The second-order valence-corrected chi connectivity index (χ2v) is 8.93. The van der Waals surface area contributed by atoms with E-state index in [0.29, 0.717) is 5.02 Å². The molecule has 0 aliphatic heterocycles. The van der Waals surface area contributed by atoms with Gasteiger partial charge in [0.15, 0.2) is 0 Å². The highest BCUT2D eigenvalue weighted by atomic mass is 35.5. The zero-order chi connectivity index (χ0) is 20.9. The molecule has 2 rings (SSSR count). The molecule has 2 amide bonds. The van der Waals surface area contributed by atoms with E-state index in [2.05, 4.69) is 10.6 Å². The molecule has 0 saturated carbocycles. The summed E-state index contributed by atoms with van der Waals surface area (Å²) >= 11 is 5.94. The lowest BCUT2D eigenvalue weighted by molar-refractivity contribution is -0.120. The first-order chi connectivity index (χ1) is 13.1. The molecular formula is C19H22ClN3O4S. The minimum atomic E-state index is -3.65. The Labute approximate surface area is 169 Å². The van der Waals surface area contributed by atoms with Gasteiger partial charge >= 0.3 is 0 Å². The quantitative estimate of drug-likeness (QED) is 0.713. The topological polar surface area (TPSA) is 95.6 Å². The number of amides is 2. The number of carbonyl (C=O) groups excluding carboxylic acids is 2. The van der Waals surface area contributed by atoms with Gasteiger partial charge in [-0.25, -0.2) is 12.7 Å². The maximum Gasteiger partial charge on any atom is 0.251 e. The Morgan fingerprint density at radius 1 is 1.11 bits per heavy atom. The van der Waals surface area contributed by atoms with E-state index >= 15 is 0 Å². The fourth-order valence-corrected chi connectivity index (χ4v) is 3.57. The molecule has 0 bridgehead atoms.